The third kappa shape index (κ3) is 6.23. The van der Waals surface area contributed by atoms with Crippen molar-refractivity contribution in [3.8, 4) is 0 Å². The first kappa shape index (κ1) is 21.2. The van der Waals surface area contributed by atoms with Crippen LogP contribution in [0, 0.1) is 0 Å². The molecular formula is C22H26N2O4. The maximum atomic E-state index is 13.0. The van der Waals surface area contributed by atoms with Crippen LogP contribution < -0.4 is 5.32 Å². The molecule has 2 aromatic rings. The second-order valence-corrected chi connectivity index (χ2v) is 7.46. The number of hydrogen-bond donors (Lipinski definition) is 1. The van der Waals surface area contributed by atoms with E-state index in [0.29, 0.717) is 11.1 Å². The van der Waals surface area contributed by atoms with Crippen LogP contribution in [0.4, 0.5) is 0 Å². The molecule has 0 saturated carbocycles. The zero-order valence-corrected chi connectivity index (χ0v) is 16.6. The lowest BCUT2D eigenvalue weighted by Crippen LogP contribution is -2.44. The number of benzene rings is 2. The molecule has 6 heteroatoms. The number of esters is 1. The fourth-order valence-corrected chi connectivity index (χ4v) is 2.60. The van der Waals surface area contributed by atoms with Crippen molar-refractivity contribution in [3.63, 3.8) is 0 Å². The quantitative estimate of drug-likeness (QED) is 0.780. The summed E-state index contributed by atoms with van der Waals surface area (Å²) in [6, 6.07) is 16.7. The van der Waals surface area contributed by atoms with Crippen LogP contribution in [-0.4, -0.2) is 41.9 Å². The lowest BCUT2D eigenvalue weighted by Gasteiger charge is -2.26. The Labute approximate surface area is 165 Å². The molecule has 1 unspecified atom stereocenters. The lowest BCUT2D eigenvalue weighted by atomic mass is 10.0. The van der Waals surface area contributed by atoms with Crippen molar-refractivity contribution >= 4 is 17.8 Å². The number of carbonyl (C=O) groups is 3. The van der Waals surface area contributed by atoms with E-state index in [1.54, 1.807) is 69.3 Å². The minimum atomic E-state index is -0.915. The van der Waals surface area contributed by atoms with E-state index in [9.17, 15) is 14.4 Å². The zero-order valence-electron chi connectivity index (χ0n) is 16.6. The molecule has 0 radical (unpaired) electrons. The Hall–Kier alpha value is -3.15. The van der Waals surface area contributed by atoms with Gasteiger partial charge in [-0.15, -0.1) is 0 Å². The van der Waals surface area contributed by atoms with Gasteiger partial charge in [0, 0.05) is 12.6 Å². The molecule has 0 spiro atoms. The molecule has 0 aliphatic heterocycles. The first-order chi connectivity index (χ1) is 13.2. The highest BCUT2D eigenvalue weighted by molar-refractivity contribution is 5.98. The van der Waals surface area contributed by atoms with E-state index >= 15 is 0 Å². The van der Waals surface area contributed by atoms with Gasteiger partial charge < -0.3 is 15.0 Å². The second kappa shape index (κ2) is 9.17. The Morgan fingerprint density at radius 3 is 2.04 bits per heavy atom. The maximum Gasteiger partial charge on any atom is 0.326 e. The van der Waals surface area contributed by atoms with Crippen molar-refractivity contribution in [3.05, 3.63) is 71.8 Å². The standard InChI is InChI=1S/C22H26N2O4/c1-22(2,3)28-18(25)15-24(4)21(27)19(16-11-7-5-8-12-16)23-20(26)17-13-9-6-10-14-17/h5-14,19H,15H2,1-4H3,(H,23,26). The molecule has 1 N–H and O–H groups in total. The summed E-state index contributed by atoms with van der Waals surface area (Å²) in [6.45, 7) is 5.08. The summed E-state index contributed by atoms with van der Waals surface area (Å²) in [5.41, 5.74) is 0.445. The van der Waals surface area contributed by atoms with Crippen LogP contribution in [0.1, 0.15) is 42.7 Å². The van der Waals surface area contributed by atoms with Gasteiger partial charge in [-0.05, 0) is 38.5 Å². The Kier molecular flexibility index (Phi) is 6.93. The van der Waals surface area contributed by atoms with Gasteiger partial charge in [-0.25, -0.2) is 0 Å². The molecule has 0 heterocycles. The molecule has 2 aromatic carbocycles. The number of rotatable bonds is 6. The third-order valence-corrected chi connectivity index (χ3v) is 3.85. The van der Waals surface area contributed by atoms with Crippen LogP contribution in [0.5, 0.6) is 0 Å². The smallest absolute Gasteiger partial charge is 0.326 e. The maximum absolute atomic E-state index is 13.0. The van der Waals surface area contributed by atoms with Gasteiger partial charge in [0.05, 0.1) is 0 Å². The van der Waals surface area contributed by atoms with Gasteiger partial charge in [0.2, 0.25) is 5.91 Å². The Bertz CT molecular complexity index is 813. The van der Waals surface area contributed by atoms with E-state index in [0.717, 1.165) is 0 Å². The number of nitrogens with one attached hydrogen (secondary N) is 1. The molecule has 0 fully saturated rings. The van der Waals surface area contributed by atoms with Crippen LogP contribution in [0.25, 0.3) is 0 Å². The van der Waals surface area contributed by atoms with Gasteiger partial charge in [-0.2, -0.15) is 0 Å². The van der Waals surface area contributed by atoms with Gasteiger partial charge in [-0.3, -0.25) is 14.4 Å². The van der Waals surface area contributed by atoms with Crippen molar-refractivity contribution in [2.75, 3.05) is 13.6 Å². The van der Waals surface area contributed by atoms with Gasteiger partial charge in [-0.1, -0.05) is 48.5 Å². The molecule has 2 amide bonds. The lowest BCUT2D eigenvalue weighted by molar-refractivity contribution is -0.158. The summed E-state index contributed by atoms with van der Waals surface area (Å²) in [5.74, 6) is -1.28. The van der Waals surface area contributed by atoms with Gasteiger partial charge in [0.25, 0.3) is 5.91 Å². The first-order valence-electron chi connectivity index (χ1n) is 9.05. The topological polar surface area (TPSA) is 75.7 Å². The number of hydrogen-bond acceptors (Lipinski definition) is 4. The first-order valence-corrected chi connectivity index (χ1v) is 9.05. The van der Waals surface area contributed by atoms with E-state index < -0.39 is 23.5 Å². The summed E-state index contributed by atoms with van der Waals surface area (Å²) < 4.78 is 5.27. The van der Waals surface area contributed by atoms with E-state index in [-0.39, 0.29) is 12.5 Å². The van der Waals surface area contributed by atoms with E-state index in [4.69, 9.17) is 4.74 Å². The fourth-order valence-electron chi connectivity index (χ4n) is 2.60. The summed E-state index contributed by atoms with van der Waals surface area (Å²) in [4.78, 5) is 38.9. The number of ether oxygens (including phenoxy) is 1. The highest BCUT2D eigenvalue weighted by Gasteiger charge is 2.28. The molecule has 28 heavy (non-hydrogen) atoms. The van der Waals surface area contributed by atoms with Crippen LogP contribution in [0.3, 0.4) is 0 Å². The van der Waals surface area contributed by atoms with Crippen molar-refractivity contribution in [1.82, 2.24) is 10.2 Å². The van der Waals surface area contributed by atoms with Crippen LogP contribution >= 0.6 is 0 Å². The van der Waals surface area contributed by atoms with Gasteiger partial charge >= 0.3 is 5.97 Å². The molecule has 0 aliphatic carbocycles. The molecule has 0 bridgehead atoms. The highest BCUT2D eigenvalue weighted by atomic mass is 16.6. The predicted octanol–water partition coefficient (Wildman–Crippen LogP) is 2.96. The number of nitrogens with zero attached hydrogens (tertiary/aromatic N) is 1. The monoisotopic (exact) mass is 382 g/mol. The van der Waals surface area contributed by atoms with E-state index in [2.05, 4.69) is 5.32 Å². The van der Waals surface area contributed by atoms with E-state index in [1.165, 1.54) is 11.9 Å². The SMILES string of the molecule is CN(CC(=O)OC(C)(C)C)C(=O)C(NC(=O)c1ccccc1)c1ccccc1. The normalized spacial score (nSPS) is 12.0. The summed E-state index contributed by atoms with van der Waals surface area (Å²) in [6.07, 6.45) is 0. The average Bonchev–Trinajstić information content (AvgIpc) is 2.65. The Balaban J connectivity index is 2.18. The molecule has 2 rings (SSSR count). The second-order valence-electron chi connectivity index (χ2n) is 7.46. The average molecular weight is 382 g/mol. The molecule has 0 aromatic heterocycles. The summed E-state index contributed by atoms with van der Waals surface area (Å²) in [7, 11) is 1.51. The van der Waals surface area contributed by atoms with Crippen LogP contribution in [-0.2, 0) is 14.3 Å². The number of amides is 2. The molecule has 1 atom stereocenters. The molecule has 0 aliphatic rings. The summed E-state index contributed by atoms with van der Waals surface area (Å²) in [5, 5.41) is 2.77. The Morgan fingerprint density at radius 1 is 0.964 bits per heavy atom. The predicted molar refractivity (Wildman–Crippen MR) is 107 cm³/mol. The van der Waals surface area contributed by atoms with Gasteiger partial charge in [0.15, 0.2) is 0 Å². The molecular weight excluding hydrogens is 356 g/mol. The number of carbonyl (C=O) groups excluding carboxylic acids is 3. The van der Waals surface area contributed by atoms with Crippen molar-refractivity contribution in [2.24, 2.45) is 0 Å². The largest absolute Gasteiger partial charge is 0.459 e. The molecule has 0 saturated heterocycles. The minimum absolute atomic E-state index is 0.208. The molecule has 6 nitrogen and oxygen atoms in total. The highest BCUT2D eigenvalue weighted by Crippen LogP contribution is 2.17. The van der Waals surface area contributed by atoms with Crippen molar-refractivity contribution in [2.45, 2.75) is 32.4 Å². The molecule has 148 valence electrons. The van der Waals surface area contributed by atoms with Crippen LogP contribution in [0.2, 0.25) is 0 Å². The zero-order chi connectivity index (χ0) is 20.7. The Morgan fingerprint density at radius 2 is 1.50 bits per heavy atom. The van der Waals surface area contributed by atoms with E-state index in [1.807, 2.05) is 12.1 Å². The van der Waals surface area contributed by atoms with Crippen molar-refractivity contribution < 1.29 is 19.1 Å². The fraction of sp³-hybridized carbons (Fsp3) is 0.318. The van der Waals surface area contributed by atoms with Crippen molar-refractivity contribution in [1.29, 1.82) is 0 Å². The minimum Gasteiger partial charge on any atom is -0.459 e. The number of likely N-dealkylation sites (N-methyl/N-ethyl adjacent to an activating group) is 1. The van der Waals surface area contributed by atoms with Crippen LogP contribution in [0.15, 0.2) is 60.7 Å². The third-order valence-electron chi connectivity index (χ3n) is 3.85. The van der Waals surface area contributed by atoms with Gasteiger partial charge in [0.1, 0.15) is 18.2 Å². The summed E-state index contributed by atoms with van der Waals surface area (Å²) >= 11 is 0.